The van der Waals surface area contributed by atoms with Crippen molar-refractivity contribution in [2.24, 2.45) is 16.2 Å². The van der Waals surface area contributed by atoms with Crippen molar-refractivity contribution in [1.82, 2.24) is 0 Å². The molecule has 1 fully saturated rings. The van der Waals surface area contributed by atoms with Gasteiger partial charge in [0.15, 0.2) is 11.7 Å². The van der Waals surface area contributed by atoms with Crippen LogP contribution in [0, 0.1) is 16.2 Å². The maximum atomic E-state index is 13.5. The van der Waals surface area contributed by atoms with E-state index < -0.39 is 23.6 Å². The molecule has 0 radical (unpaired) electrons. The van der Waals surface area contributed by atoms with E-state index in [1.807, 2.05) is 36.4 Å². The Morgan fingerprint density at radius 1 is 0.917 bits per heavy atom. The van der Waals surface area contributed by atoms with Crippen LogP contribution < -0.4 is 0 Å². The van der Waals surface area contributed by atoms with Gasteiger partial charge in [-0.1, -0.05) is 87.8 Å². The quantitative estimate of drug-likeness (QED) is 0.239. The Hall–Kier alpha value is -1.70. The van der Waals surface area contributed by atoms with Crippen molar-refractivity contribution in [3.63, 3.8) is 0 Å². The van der Waals surface area contributed by atoms with Crippen molar-refractivity contribution in [3.8, 4) is 0 Å². The van der Waals surface area contributed by atoms with Crippen molar-refractivity contribution in [1.29, 1.82) is 0 Å². The number of hydrogen-bond donors (Lipinski definition) is 0. The molecule has 202 valence electrons. The van der Waals surface area contributed by atoms with Crippen molar-refractivity contribution in [3.05, 3.63) is 40.4 Å². The fraction of sp³-hybridized carbons (Fsp3) is 0.655. The summed E-state index contributed by atoms with van der Waals surface area (Å²) in [6.45, 7) is 16.5. The van der Waals surface area contributed by atoms with Gasteiger partial charge in [0.25, 0.3) is 0 Å². The van der Waals surface area contributed by atoms with E-state index >= 15 is 0 Å². The summed E-state index contributed by atoms with van der Waals surface area (Å²) in [6.07, 6.45) is 1.68. The third kappa shape index (κ3) is 8.15. The maximum absolute atomic E-state index is 13.5. The van der Waals surface area contributed by atoms with Gasteiger partial charge in [-0.3, -0.25) is 9.59 Å². The van der Waals surface area contributed by atoms with Crippen LogP contribution in [-0.4, -0.2) is 43.7 Å². The van der Waals surface area contributed by atoms with E-state index in [1.165, 1.54) is 0 Å². The number of carbonyl (C=O) groups excluding carboxylic acids is 2. The van der Waals surface area contributed by atoms with Crippen LogP contribution in [0.25, 0.3) is 6.08 Å². The smallest absolute Gasteiger partial charge is 0.324 e. The highest BCUT2D eigenvalue weighted by atomic mass is 79.9. The number of carbonyl (C=O) groups is 2. The van der Waals surface area contributed by atoms with E-state index in [0.717, 1.165) is 12.0 Å². The lowest BCUT2D eigenvalue weighted by Gasteiger charge is -2.47. The Balaban J connectivity index is 2.52. The van der Waals surface area contributed by atoms with Gasteiger partial charge in [0.1, 0.15) is 0 Å². The average molecular weight is 568 g/mol. The fourth-order valence-corrected chi connectivity index (χ4v) is 5.02. The number of halogens is 1. The number of hydrogen-bond acceptors (Lipinski definition) is 6. The van der Waals surface area contributed by atoms with E-state index in [0.29, 0.717) is 4.48 Å². The summed E-state index contributed by atoms with van der Waals surface area (Å²) in [5, 5.41) is 0. The monoisotopic (exact) mass is 566 g/mol. The molecule has 36 heavy (non-hydrogen) atoms. The molecule has 1 aliphatic heterocycles. The molecule has 2 atom stereocenters. The zero-order valence-electron chi connectivity index (χ0n) is 23.1. The summed E-state index contributed by atoms with van der Waals surface area (Å²) in [7, 11) is 0. The van der Waals surface area contributed by atoms with Crippen LogP contribution in [0.2, 0.25) is 0 Å². The Kier molecular flexibility index (Phi) is 10.8. The summed E-state index contributed by atoms with van der Waals surface area (Å²) in [5.74, 6) is -1.28. The van der Waals surface area contributed by atoms with Crippen LogP contribution in [0.5, 0.6) is 0 Å². The molecule has 0 saturated carbocycles. The molecular weight excluding hydrogens is 524 g/mol. The van der Waals surface area contributed by atoms with E-state index in [-0.39, 0.29) is 49.1 Å². The molecule has 0 spiro atoms. The van der Waals surface area contributed by atoms with Gasteiger partial charge in [0, 0.05) is 19.3 Å². The zero-order chi connectivity index (χ0) is 27.1. The molecule has 7 heteroatoms. The highest BCUT2D eigenvalue weighted by molar-refractivity contribution is 9.11. The fourth-order valence-electron chi connectivity index (χ4n) is 4.27. The molecule has 0 unspecified atom stereocenters. The van der Waals surface area contributed by atoms with Gasteiger partial charge in [0.05, 0.1) is 25.4 Å². The third-order valence-electron chi connectivity index (χ3n) is 6.43. The first-order valence-electron chi connectivity index (χ1n) is 12.8. The first-order chi connectivity index (χ1) is 16.7. The summed E-state index contributed by atoms with van der Waals surface area (Å²) in [5.41, 5.74) is -0.980. The molecule has 1 aromatic carbocycles. The molecular formula is C29H43BrO6. The Morgan fingerprint density at radius 3 is 1.81 bits per heavy atom. The van der Waals surface area contributed by atoms with Crippen LogP contribution in [-0.2, 0) is 28.5 Å². The molecule has 1 heterocycles. The molecule has 0 bridgehead atoms. The highest BCUT2D eigenvalue weighted by Crippen LogP contribution is 2.44. The van der Waals surface area contributed by atoms with Crippen molar-refractivity contribution >= 4 is 33.9 Å². The van der Waals surface area contributed by atoms with Gasteiger partial charge in [-0.2, -0.15) is 0 Å². The number of benzene rings is 1. The van der Waals surface area contributed by atoms with Crippen LogP contribution in [0.3, 0.4) is 0 Å². The SMILES string of the molecule is CCOC(=O)C(C/C(Br)=C\c1ccccc1)(CC1O[C@H](C(C)(C)C)C[C@@H](C(C)(C)C)O1)C(=O)OCC. The minimum atomic E-state index is -1.64. The van der Waals surface area contributed by atoms with Gasteiger partial charge in [-0.05, 0) is 40.8 Å². The van der Waals surface area contributed by atoms with Gasteiger partial charge in [0.2, 0.25) is 0 Å². The normalized spacial score (nSPS) is 21.7. The Labute approximate surface area is 225 Å². The van der Waals surface area contributed by atoms with Gasteiger partial charge >= 0.3 is 11.9 Å². The van der Waals surface area contributed by atoms with Crippen molar-refractivity contribution < 1.29 is 28.5 Å². The van der Waals surface area contributed by atoms with Gasteiger partial charge in [-0.25, -0.2) is 0 Å². The number of ether oxygens (including phenoxy) is 4. The minimum absolute atomic E-state index is 0.0123. The first-order valence-corrected chi connectivity index (χ1v) is 13.6. The second kappa shape index (κ2) is 12.7. The zero-order valence-corrected chi connectivity index (χ0v) is 24.6. The van der Waals surface area contributed by atoms with Crippen molar-refractivity contribution in [2.45, 2.75) is 93.2 Å². The summed E-state index contributed by atoms with van der Waals surface area (Å²) in [6, 6.07) is 9.69. The summed E-state index contributed by atoms with van der Waals surface area (Å²) in [4.78, 5) is 27.0. The largest absolute Gasteiger partial charge is 0.465 e. The standard InChI is InChI=1S/C29H43BrO6/c1-9-33-25(31)29(26(32)34-10-2,18-21(30)16-20-14-12-11-13-15-20)19-24-35-22(27(3,4)5)17-23(36-24)28(6,7)8/h11-16,22-24H,9-10,17-19H2,1-8H3/b21-16+/t22-,23-/m0/s1. The van der Waals surface area contributed by atoms with Crippen LogP contribution in [0.15, 0.2) is 34.8 Å². The Bertz CT molecular complexity index is 857. The highest BCUT2D eigenvalue weighted by Gasteiger charge is 2.53. The molecule has 0 aromatic heterocycles. The summed E-state index contributed by atoms with van der Waals surface area (Å²) >= 11 is 3.61. The number of esters is 2. The topological polar surface area (TPSA) is 71.1 Å². The molecule has 1 aromatic rings. The number of rotatable bonds is 9. The number of allylic oxidation sites excluding steroid dienone is 1. The van der Waals surface area contributed by atoms with Gasteiger partial charge < -0.3 is 18.9 Å². The minimum Gasteiger partial charge on any atom is -0.465 e. The second-order valence-electron chi connectivity index (χ2n) is 11.6. The molecule has 1 aliphatic rings. The van der Waals surface area contributed by atoms with Crippen molar-refractivity contribution in [2.75, 3.05) is 13.2 Å². The molecule has 6 nitrogen and oxygen atoms in total. The lowest BCUT2D eigenvalue weighted by atomic mass is 9.77. The predicted molar refractivity (Wildman–Crippen MR) is 145 cm³/mol. The third-order valence-corrected chi connectivity index (χ3v) is 6.94. The van der Waals surface area contributed by atoms with Crippen LogP contribution in [0.1, 0.15) is 80.2 Å². The lowest BCUT2D eigenvalue weighted by molar-refractivity contribution is -0.287. The predicted octanol–water partition coefficient (Wildman–Crippen LogP) is 6.91. The molecule has 0 aliphatic carbocycles. The first kappa shape index (κ1) is 30.5. The van der Waals surface area contributed by atoms with E-state index in [2.05, 4.69) is 57.5 Å². The summed E-state index contributed by atoms with van der Waals surface area (Å²) < 4.78 is 24.4. The van der Waals surface area contributed by atoms with Crippen LogP contribution >= 0.6 is 15.9 Å². The lowest BCUT2D eigenvalue weighted by Crippen LogP contribution is -2.52. The second-order valence-corrected chi connectivity index (χ2v) is 12.6. The Morgan fingerprint density at radius 2 is 1.39 bits per heavy atom. The molecule has 0 N–H and O–H groups in total. The van der Waals surface area contributed by atoms with Gasteiger partial charge in [-0.15, -0.1) is 0 Å². The van der Waals surface area contributed by atoms with E-state index in [9.17, 15) is 9.59 Å². The average Bonchev–Trinajstić information content (AvgIpc) is 2.78. The van der Waals surface area contributed by atoms with E-state index in [4.69, 9.17) is 18.9 Å². The van der Waals surface area contributed by atoms with E-state index in [1.54, 1.807) is 13.8 Å². The molecule has 1 saturated heterocycles. The van der Waals surface area contributed by atoms with Crippen LogP contribution in [0.4, 0.5) is 0 Å². The molecule has 2 rings (SSSR count). The molecule has 0 amide bonds. The maximum Gasteiger partial charge on any atom is 0.324 e.